The third-order valence-electron chi connectivity index (χ3n) is 4.71. The first kappa shape index (κ1) is 16.9. The maximum absolute atomic E-state index is 12.7. The Kier molecular flexibility index (Phi) is 4.32. The van der Waals surface area contributed by atoms with Crippen molar-refractivity contribution in [1.29, 1.82) is 0 Å². The molecule has 0 unspecified atom stereocenters. The maximum atomic E-state index is 12.7. The first-order valence-electron chi connectivity index (χ1n) is 8.55. The van der Waals surface area contributed by atoms with Crippen LogP contribution < -0.4 is 14.8 Å². The van der Waals surface area contributed by atoms with Gasteiger partial charge < -0.3 is 19.7 Å². The molecule has 4 rings (SSSR count). The van der Waals surface area contributed by atoms with Crippen molar-refractivity contribution in [1.82, 2.24) is 4.90 Å². The molecule has 2 heterocycles. The standard InChI is InChI=1S/C19H20N2O4S/c1-21(2)19(23)17-8-12-7-11(3-6-16(12)26-17)18(22)20-13-4-5-14-15(9-13)25-10-24-14/h4-5,8-9,11H,3,6-7,10H2,1-2H3,(H,20,22)/t11-/m1/s1. The van der Waals surface area contributed by atoms with E-state index in [1.807, 2.05) is 12.1 Å². The zero-order chi connectivity index (χ0) is 18.3. The van der Waals surface area contributed by atoms with Gasteiger partial charge in [-0.3, -0.25) is 9.59 Å². The quantitative estimate of drug-likeness (QED) is 0.900. The Labute approximate surface area is 155 Å². The normalized spacial score (nSPS) is 17.5. The zero-order valence-electron chi connectivity index (χ0n) is 14.7. The summed E-state index contributed by atoms with van der Waals surface area (Å²) in [6.07, 6.45) is 2.29. The van der Waals surface area contributed by atoms with E-state index in [0.29, 0.717) is 23.6 Å². The van der Waals surface area contributed by atoms with Gasteiger partial charge in [0.25, 0.3) is 5.91 Å². The summed E-state index contributed by atoms with van der Waals surface area (Å²) >= 11 is 1.55. The molecule has 1 aliphatic carbocycles. The van der Waals surface area contributed by atoms with Crippen LogP contribution in [0.2, 0.25) is 0 Å². The first-order valence-corrected chi connectivity index (χ1v) is 9.36. The molecule has 1 aliphatic heterocycles. The van der Waals surface area contributed by atoms with Crippen LogP contribution in [0.1, 0.15) is 26.5 Å². The number of nitrogens with zero attached hydrogens (tertiary/aromatic N) is 1. The highest BCUT2D eigenvalue weighted by atomic mass is 32.1. The Hall–Kier alpha value is -2.54. The van der Waals surface area contributed by atoms with Gasteiger partial charge in [0.05, 0.1) is 4.88 Å². The predicted octanol–water partition coefficient (Wildman–Crippen LogP) is 2.92. The second-order valence-corrected chi connectivity index (χ2v) is 7.89. The molecule has 2 amide bonds. The van der Waals surface area contributed by atoms with Gasteiger partial charge in [0.2, 0.25) is 12.7 Å². The molecule has 1 atom stereocenters. The predicted molar refractivity (Wildman–Crippen MR) is 99.0 cm³/mol. The third kappa shape index (κ3) is 3.14. The number of nitrogens with one attached hydrogen (secondary N) is 1. The summed E-state index contributed by atoms with van der Waals surface area (Å²) in [5.41, 5.74) is 1.83. The molecule has 7 heteroatoms. The highest BCUT2D eigenvalue weighted by Gasteiger charge is 2.28. The fourth-order valence-electron chi connectivity index (χ4n) is 3.29. The number of hydrogen-bond acceptors (Lipinski definition) is 5. The number of amides is 2. The Balaban J connectivity index is 1.45. The van der Waals surface area contributed by atoms with Gasteiger partial charge in [0.15, 0.2) is 11.5 Å². The van der Waals surface area contributed by atoms with Crippen molar-refractivity contribution in [2.45, 2.75) is 19.3 Å². The number of fused-ring (bicyclic) bond motifs is 2. The molecular weight excluding hydrogens is 352 g/mol. The van der Waals surface area contributed by atoms with E-state index >= 15 is 0 Å². The number of anilines is 1. The summed E-state index contributed by atoms with van der Waals surface area (Å²) in [5, 5.41) is 2.97. The van der Waals surface area contributed by atoms with Crippen molar-refractivity contribution in [3.8, 4) is 11.5 Å². The average molecular weight is 372 g/mol. The van der Waals surface area contributed by atoms with Crippen molar-refractivity contribution in [2.24, 2.45) is 5.92 Å². The smallest absolute Gasteiger partial charge is 0.263 e. The molecule has 2 aromatic rings. The van der Waals surface area contributed by atoms with E-state index in [0.717, 1.165) is 23.3 Å². The fraction of sp³-hybridized carbons (Fsp3) is 0.368. The minimum Gasteiger partial charge on any atom is -0.454 e. The lowest BCUT2D eigenvalue weighted by molar-refractivity contribution is -0.120. The van der Waals surface area contributed by atoms with Crippen LogP contribution in [0.25, 0.3) is 0 Å². The number of carbonyl (C=O) groups excluding carboxylic acids is 2. The van der Waals surface area contributed by atoms with E-state index < -0.39 is 0 Å². The topological polar surface area (TPSA) is 67.9 Å². The van der Waals surface area contributed by atoms with Crippen LogP contribution in [0.5, 0.6) is 11.5 Å². The summed E-state index contributed by atoms with van der Waals surface area (Å²) in [5.74, 6) is 1.27. The lowest BCUT2D eigenvalue weighted by Crippen LogP contribution is -2.27. The molecular formula is C19H20N2O4S. The van der Waals surface area contributed by atoms with E-state index in [-0.39, 0.29) is 24.5 Å². The van der Waals surface area contributed by atoms with Gasteiger partial charge in [-0.05, 0) is 43.0 Å². The van der Waals surface area contributed by atoms with E-state index in [1.165, 1.54) is 4.88 Å². The lowest BCUT2D eigenvalue weighted by atomic mass is 9.87. The van der Waals surface area contributed by atoms with E-state index in [2.05, 4.69) is 5.32 Å². The Morgan fingerprint density at radius 1 is 1.19 bits per heavy atom. The lowest BCUT2D eigenvalue weighted by Gasteiger charge is -2.21. The SMILES string of the molecule is CN(C)C(=O)c1cc2c(s1)CC[C@@H](C(=O)Nc1ccc3c(c1)OCO3)C2. The van der Waals surface area contributed by atoms with Gasteiger partial charge in [-0.15, -0.1) is 11.3 Å². The number of rotatable bonds is 3. The number of ether oxygens (including phenoxy) is 2. The molecule has 26 heavy (non-hydrogen) atoms. The van der Waals surface area contributed by atoms with Crippen molar-refractivity contribution in [3.05, 3.63) is 39.6 Å². The molecule has 0 saturated heterocycles. The number of aryl methyl sites for hydroxylation is 1. The van der Waals surface area contributed by atoms with Crippen molar-refractivity contribution >= 4 is 28.8 Å². The average Bonchev–Trinajstić information content (AvgIpc) is 3.26. The van der Waals surface area contributed by atoms with Gasteiger partial charge in [0, 0.05) is 36.6 Å². The summed E-state index contributed by atoms with van der Waals surface area (Å²) in [6.45, 7) is 0.213. The van der Waals surface area contributed by atoms with E-state index in [9.17, 15) is 9.59 Å². The highest BCUT2D eigenvalue weighted by molar-refractivity contribution is 7.14. The molecule has 0 fully saturated rings. The number of thiophene rings is 1. The Bertz CT molecular complexity index is 874. The molecule has 136 valence electrons. The molecule has 1 N–H and O–H groups in total. The number of hydrogen-bond donors (Lipinski definition) is 1. The summed E-state index contributed by atoms with van der Waals surface area (Å²) < 4.78 is 10.6. The fourth-order valence-corrected chi connectivity index (χ4v) is 4.52. The molecule has 0 saturated carbocycles. The van der Waals surface area contributed by atoms with Gasteiger partial charge in [0.1, 0.15) is 0 Å². The van der Waals surface area contributed by atoms with E-state index in [1.54, 1.807) is 42.5 Å². The molecule has 0 bridgehead atoms. The first-order chi connectivity index (χ1) is 12.5. The number of benzene rings is 1. The minimum atomic E-state index is -0.0927. The molecule has 6 nitrogen and oxygen atoms in total. The monoisotopic (exact) mass is 372 g/mol. The summed E-state index contributed by atoms with van der Waals surface area (Å²) in [7, 11) is 3.51. The molecule has 1 aromatic heterocycles. The van der Waals surface area contributed by atoms with Crippen LogP contribution in [0.3, 0.4) is 0 Å². The second-order valence-electron chi connectivity index (χ2n) is 6.76. The second kappa shape index (κ2) is 6.64. The van der Waals surface area contributed by atoms with Crippen LogP contribution in [-0.2, 0) is 17.6 Å². The number of carbonyl (C=O) groups is 2. The molecule has 0 radical (unpaired) electrons. The van der Waals surface area contributed by atoms with E-state index in [4.69, 9.17) is 9.47 Å². The van der Waals surface area contributed by atoms with Crippen molar-refractivity contribution in [3.63, 3.8) is 0 Å². The van der Waals surface area contributed by atoms with Crippen LogP contribution in [0.15, 0.2) is 24.3 Å². The molecule has 0 spiro atoms. The third-order valence-corrected chi connectivity index (χ3v) is 5.94. The maximum Gasteiger partial charge on any atom is 0.263 e. The zero-order valence-corrected chi connectivity index (χ0v) is 15.5. The molecule has 1 aromatic carbocycles. The summed E-state index contributed by atoms with van der Waals surface area (Å²) in [6, 6.07) is 7.35. The van der Waals surface area contributed by atoms with Crippen LogP contribution >= 0.6 is 11.3 Å². The highest BCUT2D eigenvalue weighted by Crippen LogP contribution is 2.36. The largest absolute Gasteiger partial charge is 0.454 e. The van der Waals surface area contributed by atoms with Gasteiger partial charge >= 0.3 is 0 Å². The van der Waals surface area contributed by atoms with Crippen molar-refractivity contribution < 1.29 is 19.1 Å². The van der Waals surface area contributed by atoms with Gasteiger partial charge in [-0.2, -0.15) is 0 Å². The minimum absolute atomic E-state index is 0.00111. The molecule has 2 aliphatic rings. The van der Waals surface area contributed by atoms with Gasteiger partial charge in [-0.1, -0.05) is 0 Å². The Morgan fingerprint density at radius 3 is 2.81 bits per heavy atom. The Morgan fingerprint density at radius 2 is 2.00 bits per heavy atom. The van der Waals surface area contributed by atoms with Crippen molar-refractivity contribution in [2.75, 3.05) is 26.2 Å². The van der Waals surface area contributed by atoms with Crippen LogP contribution in [0, 0.1) is 5.92 Å². The van der Waals surface area contributed by atoms with Crippen LogP contribution in [-0.4, -0.2) is 37.6 Å². The summed E-state index contributed by atoms with van der Waals surface area (Å²) in [4.78, 5) is 28.4. The van der Waals surface area contributed by atoms with Crippen LogP contribution in [0.4, 0.5) is 5.69 Å². The van der Waals surface area contributed by atoms with Gasteiger partial charge in [-0.25, -0.2) is 0 Å².